The summed E-state index contributed by atoms with van der Waals surface area (Å²) in [7, 11) is 0. The van der Waals surface area contributed by atoms with Gasteiger partial charge in [0, 0.05) is 13.1 Å². The van der Waals surface area contributed by atoms with Crippen molar-refractivity contribution in [2.75, 3.05) is 26.2 Å². The number of carbonyl (C=O) groups excluding carboxylic acids is 1. The molecule has 2 fully saturated rings. The number of likely N-dealkylation sites (tertiary alicyclic amines) is 1. The lowest BCUT2D eigenvalue weighted by Crippen LogP contribution is -2.48. The van der Waals surface area contributed by atoms with E-state index >= 15 is 0 Å². The minimum Gasteiger partial charge on any atom is -0.323 e. The number of hydrogen-bond acceptors (Lipinski definition) is 2. The second-order valence-corrected chi connectivity index (χ2v) is 4.62. The van der Waals surface area contributed by atoms with Gasteiger partial charge < -0.3 is 4.90 Å². The van der Waals surface area contributed by atoms with Crippen LogP contribution in [0.25, 0.3) is 0 Å². The smallest absolute Gasteiger partial charge is 0.323 e. The van der Waals surface area contributed by atoms with Crippen molar-refractivity contribution in [2.45, 2.75) is 32.6 Å². The Balaban J connectivity index is 1.88. The average molecular weight is 212 g/mol. The fraction of sp³-hybridized carbons (Fsp3) is 0.909. The van der Waals surface area contributed by atoms with Crippen LogP contribution in [-0.4, -0.2) is 42.2 Å². The highest BCUT2D eigenvalue weighted by atomic mass is 16.7. The standard InChI is InChI=1S/C11H20N2O2/c1-10-5-4-6-12(9-10)11(14)13-7-2-3-8-15-13/h10H,2-9H2,1H3. The summed E-state index contributed by atoms with van der Waals surface area (Å²) in [5.41, 5.74) is 0. The molecule has 86 valence electrons. The Morgan fingerprint density at radius 1 is 1.27 bits per heavy atom. The highest BCUT2D eigenvalue weighted by Crippen LogP contribution is 2.18. The van der Waals surface area contributed by atoms with Gasteiger partial charge in [-0.25, -0.2) is 9.86 Å². The van der Waals surface area contributed by atoms with Crippen LogP contribution in [0.5, 0.6) is 0 Å². The Morgan fingerprint density at radius 2 is 2.13 bits per heavy atom. The first kappa shape index (κ1) is 10.7. The number of hydroxylamine groups is 2. The number of hydrogen-bond donors (Lipinski definition) is 0. The van der Waals surface area contributed by atoms with Gasteiger partial charge in [0.1, 0.15) is 0 Å². The van der Waals surface area contributed by atoms with Gasteiger partial charge in [-0.2, -0.15) is 0 Å². The maximum atomic E-state index is 12.0. The summed E-state index contributed by atoms with van der Waals surface area (Å²) in [5.74, 6) is 0.632. The summed E-state index contributed by atoms with van der Waals surface area (Å²) >= 11 is 0. The van der Waals surface area contributed by atoms with Crippen LogP contribution >= 0.6 is 0 Å². The molecule has 2 amide bonds. The van der Waals surface area contributed by atoms with E-state index < -0.39 is 0 Å². The van der Waals surface area contributed by atoms with E-state index in [1.165, 1.54) is 6.42 Å². The van der Waals surface area contributed by atoms with Crippen LogP contribution in [0.15, 0.2) is 0 Å². The van der Waals surface area contributed by atoms with Crippen LogP contribution in [0.4, 0.5) is 4.79 Å². The molecule has 15 heavy (non-hydrogen) atoms. The third-order valence-corrected chi connectivity index (χ3v) is 3.14. The molecule has 0 radical (unpaired) electrons. The van der Waals surface area contributed by atoms with Gasteiger partial charge in [0.05, 0.1) is 13.2 Å². The van der Waals surface area contributed by atoms with E-state index in [1.54, 1.807) is 5.06 Å². The minimum atomic E-state index is 0.0706. The average Bonchev–Trinajstić information content (AvgIpc) is 2.29. The van der Waals surface area contributed by atoms with E-state index in [4.69, 9.17) is 4.84 Å². The Kier molecular flexibility index (Phi) is 3.46. The minimum absolute atomic E-state index is 0.0706. The van der Waals surface area contributed by atoms with Crippen LogP contribution in [-0.2, 0) is 4.84 Å². The zero-order valence-electron chi connectivity index (χ0n) is 9.45. The van der Waals surface area contributed by atoms with Gasteiger partial charge in [-0.15, -0.1) is 0 Å². The van der Waals surface area contributed by atoms with Crippen molar-refractivity contribution in [3.05, 3.63) is 0 Å². The van der Waals surface area contributed by atoms with Crippen molar-refractivity contribution in [3.8, 4) is 0 Å². The topological polar surface area (TPSA) is 32.8 Å². The number of piperidine rings is 1. The van der Waals surface area contributed by atoms with E-state index in [0.717, 1.165) is 38.9 Å². The molecule has 1 unspecified atom stereocenters. The molecular weight excluding hydrogens is 192 g/mol. The van der Waals surface area contributed by atoms with Crippen molar-refractivity contribution in [2.24, 2.45) is 5.92 Å². The Morgan fingerprint density at radius 3 is 2.80 bits per heavy atom. The van der Waals surface area contributed by atoms with Crippen LogP contribution in [0, 0.1) is 5.92 Å². The summed E-state index contributed by atoms with van der Waals surface area (Å²) in [4.78, 5) is 19.3. The molecule has 0 aromatic carbocycles. The third kappa shape index (κ3) is 2.62. The second-order valence-electron chi connectivity index (χ2n) is 4.62. The SMILES string of the molecule is CC1CCCN(C(=O)N2CCCCO2)C1. The van der Waals surface area contributed by atoms with Gasteiger partial charge in [-0.1, -0.05) is 6.92 Å². The number of urea groups is 1. The highest BCUT2D eigenvalue weighted by Gasteiger charge is 2.26. The van der Waals surface area contributed by atoms with Gasteiger partial charge in [0.2, 0.25) is 0 Å². The van der Waals surface area contributed by atoms with Gasteiger partial charge in [0.25, 0.3) is 0 Å². The molecule has 0 spiro atoms. The fourth-order valence-electron chi connectivity index (χ4n) is 2.27. The van der Waals surface area contributed by atoms with Crippen molar-refractivity contribution >= 4 is 6.03 Å². The maximum Gasteiger partial charge on any atom is 0.343 e. The van der Waals surface area contributed by atoms with Gasteiger partial charge >= 0.3 is 6.03 Å². The zero-order chi connectivity index (χ0) is 10.7. The van der Waals surface area contributed by atoms with Gasteiger partial charge in [-0.05, 0) is 31.6 Å². The van der Waals surface area contributed by atoms with Gasteiger partial charge in [0.15, 0.2) is 0 Å². The third-order valence-electron chi connectivity index (χ3n) is 3.14. The molecule has 2 aliphatic rings. The molecule has 2 aliphatic heterocycles. The van der Waals surface area contributed by atoms with Crippen molar-refractivity contribution in [3.63, 3.8) is 0 Å². The normalized spacial score (nSPS) is 27.9. The molecular formula is C11H20N2O2. The van der Waals surface area contributed by atoms with E-state index in [0.29, 0.717) is 12.5 Å². The highest BCUT2D eigenvalue weighted by molar-refractivity contribution is 5.73. The lowest BCUT2D eigenvalue weighted by atomic mass is 10.0. The molecule has 1 atom stereocenters. The first-order valence-corrected chi connectivity index (χ1v) is 5.97. The first-order valence-electron chi connectivity index (χ1n) is 5.97. The molecule has 0 aromatic heterocycles. The van der Waals surface area contributed by atoms with Crippen molar-refractivity contribution in [1.29, 1.82) is 0 Å². The van der Waals surface area contributed by atoms with E-state index in [-0.39, 0.29) is 6.03 Å². The molecule has 2 saturated heterocycles. The maximum absolute atomic E-state index is 12.0. The Hall–Kier alpha value is -0.770. The van der Waals surface area contributed by atoms with Crippen LogP contribution in [0.2, 0.25) is 0 Å². The monoisotopic (exact) mass is 212 g/mol. The van der Waals surface area contributed by atoms with Crippen LogP contribution in [0.1, 0.15) is 32.6 Å². The molecule has 0 aromatic rings. The zero-order valence-corrected chi connectivity index (χ0v) is 9.45. The van der Waals surface area contributed by atoms with E-state index in [2.05, 4.69) is 6.92 Å². The molecule has 0 aliphatic carbocycles. The fourth-order valence-corrected chi connectivity index (χ4v) is 2.27. The molecule has 0 bridgehead atoms. The quantitative estimate of drug-likeness (QED) is 0.614. The largest absolute Gasteiger partial charge is 0.343 e. The number of nitrogens with zero attached hydrogens (tertiary/aromatic N) is 2. The predicted molar refractivity (Wildman–Crippen MR) is 57.3 cm³/mol. The molecule has 0 saturated carbocycles. The number of rotatable bonds is 0. The molecule has 2 rings (SSSR count). The van der Waals surface area contributed by atoms with E-state index in [1.807, 2.05) is 4.90 Å². The van der Waals surface area contributed by atoms with Crippen molar-refractivity contribution in [1.82, 2.24) is 9.96 Å². The second kappa shape index (κ2) is 4.84. The lowest BCUT2D eigenvalue weighted by Gasteiger charge is -2.36. The summed E-state index contributed by atoms with van der Waals surface area (Å²) < 4.78 is 0. The molecule has 4 nitrogen and oxygen atoms in total. The number of carbonyl (C=O) groups is 1. The van der Waals surface area contributed by atoms with Crippen LogP contribution < -0.4 is 0 Å². The summed E-state index contributed by atoms with van der Waals surface area (Å²) in [6.07, 6.45) is 4.50. The summed E-state index contributed by atoms with van der Waals surface area (Å²) in [6, 6.07) is 0.0706. The lowest BCUT2D eigenvalue weighted by molar-refractivity contribution is -0.148. The summed E-state index contributed by atoms with van der Waals surface area (Å²) in [6.45, 7) is 5.43. The Labute approximate surface area is 91.1 Å². The summed E-state index contributed by atoms with van der Waals surface area (Å²) in [5, 5.41) is 1.54. The molecule has 2 heterocycles. The molecule has 4 heteroatoms. The van der Waals surface area contributed by atoms with E-state index in [9.17, 15) is 4.79 Å². The molecule has 0 N–H and O–H groups in total. The van der Waals surface area contributed by atoms with Crippen molar-refractivity contribution < 1.29 is 9.63 Å². The number of amides is 2. The van der Waals surface area contributed by atoms with Gasteiger partial charge in [-0.3, -0.25) is 4.84 Å². The van der Waals surface area contributed by atoms with Crippen LogP contribution in [0.3, 0.4) is 0 Å². The Bertz CT molecular complexity index is 227. The predicted octanol–water partition coefficient (Wildman–Crippen LogP) is 1.87. The first-order chi connectivity index (χ1) is 7.27.